The number of rotatable bonds is 5. The van der Waals surface area contributed by atoms with Crippen molar-refractivity contribution >= 4 is 17.3 Å². The van der Waals surface area contributed by atoms with Crippen molar-refractivity contribution in [2.75, 3.05) is 5.32 Å². The van der Waals surface area contributed by atoms with Crippen LogP contribution < -0.4 is 5.32 Å². The van der Waals surface area contributed by atoms with Crippen LogP contribution in [-0.4, -0.2) is 0 Å². The Morgan fingerprint density at radius 1 is 1.00 bits per heavy atom. The highest BCUT2D eigenvalue weighted by Crippen LogP contribution is 2.24. The molecule has 0 aliphatic heterocycles. The van der Waals surface area contributed by atoms with Crippen LogP contribution in [0.1, 0.15) is 31.4 Å². The van der Waals surface area contributed by atoms with Crippen molar-refractivity contribution < 1.29 is 0 Å². The monoisotopic (exact) mass is 259 g/mol. The quantitative estimate of drug-likeness (QED) is 0.769. The Balaban J connectivity index is 2.14. The fourth-order valence-corrected chi connectivity index (χ4v) is 2.17. The van der Waals surface area contributed by atoms with Crippen molar-refractivity contribution in [1.82, 2.24) is 0 Å². The van der Waals surface area contributed by atoms with Crippen molar-refractivity contribution in [2.45, 2.75) is 25.8 Å². The van der Waals surface area contributed by atoms with Gasteiger partial charge in [-0.1, -0.05) is 55.3 Å². The van der Waals surface area contributed by atoms with E-state index < -0.39 is 0 Å². The molecule has 0 aromatic heterocycles. The first-order chi connectivity index (χ1) is 8.79. The molecule has 2 aromatic carbocycles. The molecule has 0 aliphatic rings. The van der Waals surface area contributed by atoms with E-state index in [1.165, 1.54) is 5.56 Å². The average Bonchev–Trinajstić information content (AvgIpc) is 2.42. The summed E-state index contributed by atoms with van der Waals surface area (Å²) in [6.07, 6.45) is 2.27. The van der Waals surface area contributed by atoms with Crippen LogP contribution in [0.2, 0.25) is 5.02 Å². The number of hydrogen-bond acceptors (Lipinski definition) is 1. The van der Waals surface area contributed by atoms with E-state index in [0.29, 0.717) is 6.04 Å². The Morgan fingerprint density at radius 3 is 2.28 bits per heavy atom. The summed E-state index contributed by atoms with van der Waals surface area (Å²) in [4.78, 5) is 0. The van der Waals surface area contributed by atoms with Crippen LogP contribution >= 0.6 is 11.6 Å². The lowest BCUT2D eigenvalue weighted by molar-refractivity contribution is 0.677. The highest BCUT2D eigenvalue weighted by Gasteiger charge is 2.09. The molecule has 1 unspecified atom stereocenters. The number of nitrogens with one attached hydrogen (secondary N) is 1. The van der Waals surface area contributed by atoms with Crippen molar-refractivity contribution in [3.63, 3.8) is 0 Å². The topological polar surface area (TPSA) is 12.0 Å². The lowest BCUT2D eigenvalue weighted by Gasteiger charge is -2.20. The van der Waals surface area contributed by atoms with Gasteiger partial charge in [0.25, 0.3) is 0 Å². The zero-order valence-electron chi connectivity index (χ0n) is 10.6. The van der Waals surface area contributed by atoms with E-state index >= 15 is 0 Å². The van der Waals surface area contributed by atoms with Gasteiger partial charge in [-0.25, -0.2) is 0 Å². The van der Waals surface area contributed by atoms with Gasteiger partial charge in [0.2, 0.25) is 0 Å². The van der Waals surface area contributed by atoms with Gasteiger partial charge >= 0.3 is 0 Å². The molecule has 0 aliphatic carbocycles. The Hall–Kier alpha value is -1.47. The molecule has 0 fully saturated rings. The van der Waals surface area contributed by atoms with Crippen molar-refractivity contribution in [2.24, 2.45) is 0 Å². The van der Waals surface area contributed by atoms with E-state index in [2.05, 4.69) is 42.6 Å². The van der Waals surface area contributed by atoms with Crippen LogP contribution in [0, 0.1) is 0 Å². The Bertz CT molecular complexity index is 464. The molecule has 0 spiro atoms. The molecule has 0 saturated carbocycles. The summed E-state index contributed by atoms with van der Waals surface area (Å²) in [5.41, 5.74) is 2.44. The van der Waals surface area contributed by atoms with Crippen LogP contribution in [0.15, 0.2) is 54.6 Å². The fourth-order valence-electron chi connectivity index (χ4n) is 2.04. The maximum absolute atomic E-state index is 5.90. The second-order valence-electron chi connectivity index (χ2n) is 4.40. The van der Waals surface area contributed by atoms with Crippen molar-refractivity contribution in [1.29, 1.82) is 0 Å². The molecule has 1 atom stereocenters. The van der Waals surface area contributed by atoms with Crippen molar-refractivity contribution in [3.8, 4) is 0 Å². The summed E-state index contributed by atoms with van der Waals surface area (Å²) in [5.74, 6) is 0. The normalized spacial score (nSPS) is 12.1. The van der Waals surface area contributed by atoms with E-state index in [4.69, 9.17) is 11.6 Å². The van der Waals surface area contributed by atoms with Gasteiger partial charge in [0.05, 0.1) is 6.04 Å². The van der Waals surface area contributed by atoms with Crippen LogP contribution in [0.4, 0.5) is 5.69 Å². The minimum Gasteiger partial charge on any atom is -0.378 e. The summed E-state index contributed by atoms with van der Waals surface area (Å²) in [7, 11) is 0. The summed E-state index contributed by atoms with van der Waals surface area (Å²) >= 11 is 5.90. The highest BCUT2D eigenvalue weighted by atomic mass is 35.5. The predicted molar refractivity (Wildman–Crippen MR) is 79.2 cm³/mol. The van der Waals surface area contributed by atoms with E-state index in [0.717, 1.165) is 23.6 Å². The van der Waals surface area contributed by atoms with E-state index in [1.807, 2.05) is 24.3 Å². The van der Waals surface area contributed by atoms with Crippen molar-refractivity contribution in [3.05, 3.63) is 65.2 Å². The smallest absolute Gasteiger partial charge is 0.0513 e. The maximum Gasteiger partial charge on any atom is 0.0513 e. The highest BCUT2D eigenvalue weighted by molar-refractivity contribution is 6.30. The first-order valence-electron chi connectivity index (χ1n) is 6.36. The van der Waals surface area contributed by atoms with E-state index in [-0.39, 0.29) is 0 Å². The molecular formula is C16H18ClN. The molecule has 2 heteroatoms. The van der Waals surface area contributed by atoms with Gasteiger partial charge in [-0.15, -0.1) is 0 Å². The molecule has 94 valence electrons. The second kappa shape index (κ2) is 6.46. The third-order valence-corrected chi connectivity index (χ3v) is 3.22. The van der Waals surface area contributed by atoms with Gasteiger partial charge in [0.1, 0.15) is 0 Å². The van der Waals surface area contributed by atoms with Gasteiger partial charge in [-0.3, -0.25) is 0 Å². The fraction of sp³-hybridized carbons (Fsp3) is 0.250. The SMILES string of the molecule is CCCC(Nc1ccc(Cl)cc1)c1ccccc1. The van der Waals surface area contributed by atoms with E-state index in [1.54, 1.807) is 0 Å². The molecular weight excluding hydrogens is 242 g/mol. The zero-order valence-corrected chi connectivity index (χ0v) is 11.3. The third-order valence-electron chi connectivity index (χ3n) is 2.96. The molecule has 0 amide bonds. The molecule has 1 N–H and O–H groups in total. The van der Waals surface area contributed by atoms with Gasteiger partial charge < -0.3 is 5.32 Å². The number of hydrogen-bond donors (Lipinski definition) is 1. The van der Waals surface area contributed by atoms with Crippen LogP contribution in [-0.2, 0) is 0 Å². The largest absolute Gasteiger partial charge is 0.378 e. The van der Waals surface area contributed by atoms with Crippen LogP contribution in [0.3, 0.4) is 0 Å². The Kier molecular flexibility index (Phi) is 4.66. The first-order valence-corrected chi connectivity index (χ1v) is 6.74. The number of benzene rings is 2. The zero-order chi connectivity index (χ0) is 12.8. The molecule has 0 saturated heterocycles. The van der Waals surface area contributed by atoms with Gasteiger partial charge in [0, 0.05) is 10.7 Å². The lowest BCUT2D eigenvalue weighted by Crippen LogP contribution is -2.10. The molecule has 0 radical (unpaired) electrons. The predicted octanol–water partition coefficient (Wildman–Crippen LogP) is 5.29. The van der Waals surface area contributed by atoms with Gasteiger partial charge in [-0.2, -0.15) is 0 Å². The summed E-state index contributed by atoms with van der Waals surface area (Å²) < 4.78 is 0. The molecule has 1 nitrogen and oxygen atoms in total. The van der Waals surface area contributed by atoms with Crippen LogP contribution in [0.5, 0.6) is 0 Å². The average molecular weight is 260 g/mol. The summed E-state index contributed by atoms with van der Waals surface area (Å²) in [6.45, 7) is 2.21. The maximum atomic E-state index is 5.90. The molecule has 0 heterocycles. The molecule has 0 bridgehead atoms. The standard InChI is InChI=1S/C16H18ClN/c1-2-6-16(13-7-4-3-5-8-13)18-15-11-9-14(17)10-12-15/h3-5,7-12,16,18H,2,6H2,1H3. The number of halogens is 1. The van der Waals surface area contributed by atoms with Crippen LogP contribution in [0.25, 0.3) is 0 Å². The molecule has 18 heavy (non-hydrogen) atoms. The molecule has 2 rings (SSSR count). The van der Waals surface area contributed by atoms with E-state index in [9.17, 15) is 0 Å². The molecule has 2 aromatic rings. The second-order valence-corrected chi connectivity index (χ2v) is 4.84. The minimum atomic E-state index is 0.359. The van der Waals surface area contributed by atoms with Gasteiger partial charge in [-0.05, 0) is 36.2 Å². The Labute approximate surface area is 114 Å². The first kappa shape index (κ1) is 13.0. The lowest BCUT2D eigenvalue weighted by atomic mass is 10.0. The third kappa shape index (κ3) is 3.51. The van der Waals surface area contributed by atoms with Gasteiger partial charge in [0.15, 0.2) is 0 Å². The summed E-state index contributed by atoms with van der Waals surface area (Å²) in [6, 6.07) is 18.8. The Morgan fingerprint density at radius 2 is 1.67 bits per heavy atom. The minimum absolute atomic E-state index is 0.359. The summed E-state index contributed by atoms with van der Waals surface area (Å²) in [5, 5.41) is 4.34. The number of anilines is 1.